The number of amides is 2. The molecule has 1 rings (SSSR count). The Morgan fingerprint density at radius 2 is 1.86 bits per heavy atom. The van der Waals surface area contributed by atoms with E-state index in [4.69, 9.17) is 4.74 Å². The van der Waals surface area contributed by atoms with Gasteiger partial charge in [-0.1, -0.05) is 19.8 Å². The highest BCUT2D eigenvalue weighted by atomic mass is 16.6. The number of nitrogens with one attached hydrogen (secondary N) is 2. The smallest absolute Gasteiger partial charge is 0.325 e. The molecule has 0 spiro atoms. The zero-order chi connectivity index (χ0) is 16.1. The SMILES string of the molecule is CC(C)(C)OC(=O)CNC(=O)NC(C=O)C1(C)CCCC1. The molecule has 1 fully saturated rings. The van der Waals surface area contributed by atoms with Gasteiger partial charge in [0.2, 0.25) is 0 Å². The van der Waals surface area contributed by atoms with Crippen molar-refractivity contribution in [2.24, 2.45) is 5.41 Å². The van der Waals surface area contributed by atoms with Gasteiger partial charge in [0.05, 0.1) is 6.04 Å². The molecular formula is C15H26N2O4. The average Bonchev–Trinajstić information content (AvgIpc) is 2.79. The van der Waals surface area contributed by atoms with E-state index in [2.05, 4.69) is 10.6 Å². The molecule has 120 valence electrons. The number of ether oxygens (including phenoxy) is 1. The van der Waals surface area contributed by atoms with E-state index in [1.807, 2.05) is 6.92 Å². The Hall–Kier alpha value is -1.59. The Morgan fingerprint density at radius 3 is 2.33 bits per heavy atom. The van der Waals surface area contributed by atoms with Crippen LogP contribution in [0.2, 0.25) is 0 Å². The summed E-state index contributed by atoms with van der Waals surface area (Å²) in [6.07, 6.45) is 4.76. The Morgan fingerprint density at radius 1 is 1.29 bits per heavy atom. The molecule has 0 heterocycles. The Bertz CT molecular complexity index is 395. The zero-order valence-electron chi connectivity index (χ0n) is 13.3. The average molecular weight is 298 g/mol. The molecule has 21 heavy (non-hydrogen) atoms. The minimum absolute atomic E-state index is 0.189. The lowest BCUT2D eigenvalue weighted by atomic mass is 9.81. The molecule has 2 amide bonds. The van der Waals surface area contributed by atoms with E-state index < -0.39 is 23.6 Å². The first-order chi connectivity index (χ1) is 9.66. The lowest BCUT2D eigenvalue weighted by Crippen LogP contribution is -2.51. The third-order valence-electron chi connectivity index (χ3n) is 3.73. The second-order valence-corrected chi connectivity index (χ2v) is 6.89. The number of esters is 1. The molecule has 6 heteroatoms. The van der Waals surface area contributed by atoms with Crippen molar-refractivity contribution < 1.29 is 19.1 Å². The molecule has 1 atom stereocenters. The molecule has 1 unspecified atom stereocenters. The number of rotatable bonds is 5. The number of urea groups is 1. The van der Waals surface area contributed by atoms with Crippen LogP contribution >= 0.6 is 0 Å². The monoisotopic (exact) mass is 298 g/mol. The van der Waals surface area contributed by atoms with Crippen LogP contribution < -0.4 is 10.6 Å². The second-order valence-electron chi connectivity index (χ2n) is 6.89. The van der Waals surface area contributed by atoms with Crippen LogP contribution in [0.25, 0.3) is 0 Å². The van der Waals surface area contributed by atoms with Crippen LogP contribution in [-0.4, -0.2) is 36.5 Å². The summed E-state index contributed by atoms with van der Waals surface area (Å²) >= 11 is 0. The van der Waals surface area contributed by atoms with Crippen molar-refractivity contribution in [3.8, 4) is 0 Å². The first-order valence-corrected chi connectivity index (χ1v) is 7.38. The fourth-order valence-corrected chi connectivity index (χ4v) is 2.59. The summed E-state index contributed by atoms with van der Waals surface area (Å²) in [4.78, 5) is 34.5. The summed E-state index contributed by atoms with van der Waals surface area (Å²) in [7, 11) is 0. The van der Waals surface area contributed by atoms with Gasteiger partial charge in [-0.15, -0.1) is 0 Å². The maximum absolute atomic E-state index is 11.8. The first kappa shape index (κ1) is 17.5. The van der Waals surface area contributed by atoms with Gasteiger partial charge in [-0.3, -0.25) is 4.79 Å². The minimum atomic E-state index is -0.585. The van der Waals surface area contributed by atoms with Gasteiger partial charge >= 0.3 is 12.0 Å². The van der Waals surface area contributed by atoms with E-state index in [9.17, 15) is 14.4 Å². The van der Waals surface area contributed by atoms with Crippen molar-refractivity contribution in [3.05, 3.63) is 0 Å². The van der Waals surface area contributed by atoms with E-state index >= 15 is 0 Å². The highest BCUT2D eigenvalue weighted by Gasteiger charge is 2.37. The van der Waals surface area contributed by atoms with Crippen molar-refractivity contribution in [1.82, 2.24) is 10.6 Å². The molecule has 0 radical (unpaired) electrons. The van der Waals surface area contributed by atoms with Gasteiger partial charge in [0.15, 0.2) is 0 Å². The van der Waals surface area contributed by atoms with Gasteiger partial charge < -0.3 is 20.2 Å². The predicted octanol–water partition coefficient (Wildman–Crippen LogP) is 1.78. The van der Waals surface area contributed by atoms with Gasteiger partial charge in [0, 0.05) is 0 Å². The van der Waals surface area contributed by atoms with E-state index in [0.29, 0.717) is 0 Å². The van der Waals surface area contributed by atoms with E-state index in [1.54, 1.807) is 20.8 Å². The maximum Gasteiger partial charge on any atom is 0.325 e. The molecule has 0 aromatic carbocycles. The van der Waals surface area contributed by atoms with Crippen molar-refractivity contribution in [1.29, 1.82) is 0 Å². The molecule has 0 aromatic rings. The van der Waals surface area contributed by atoms with E-state index in [-0.39, 0.29) is 12.0 Å². The van der Waals surface area contributed by atoms with Crippen LogP contribution in [0.15, 0.2) is 0 Å². The van der Waals surface area contributed by atoms with Gasteiger partial charge in [-0.25, -0.2) is 4.79 Å². The van der Waals surface area contributed by atoms with E-state index in [0.717, 1.165) is 32.0 Å². The van der Waals surface area contributed by atoms with Crippen molar-refractivity contribution in [2.75, 3.05) is 6.54 Å². The normalized spacial score (nSPS) is 18.7. The summed E-state index contributed by atoms with van der Waals surface area (Å²) in [5.74, 6) is -0.507. The number of carbonyl (C=O) groups excluding carboxylic acids is 3. The van der Waals surface area contributed by atoms with Gasteiger partial charge in [0.1, 0.15) is 18.4 Å². The van der Waals surface area contributed by atoms with Crippen LogP contribution in [0.3, 0.4) is 0 Å². The minimum Gasteiger partial charge on any atom is -0.459 e. The molecule has 0 aliphatic heterocycles. The second kappa shape index (κ2) is 6.91. The van der Waals surface area contributed by atoms with Crippen LogP contribution in [0, 0.1) is 5.41 Å². The Balaban J connectivity index is 2.42. The van der Waals surface area contributed by atoms with Crippen molar-refractivity contribution >= 4 is 18.3 Å². The first-order valence-electron chi connectivity index (χ1n) is 7.38. The summed E-state index contributed by atoms with van der Waals surface area (Å²) in [5.41, 5.74) is -0.775. The summed E-state index contributed by atoms with van der Waals surface area (Å²) < 4.78 is 5.09. The third-order valence-corrected chi connectivity index (χ3v) is 3.73. The molecule has 2 N–H and O–H groups in total. The molecule has 0 bridgehead atoms. The summed E-state index contributed by atoms with van der Waals surface area (Å²) in [5, 5.41) is 5.07. The molecule has 0 aromatic heterocycles. The molecular weight excluding hydrogens is 272 g/mol. The maximum atomic E-state index is 11.8. The van der Waals surface area contributed by atoms with Crippen molar-refractivity contribution in [2.45, 2.75) is 65.0 Å². The predicted molar refractivity (Wildman–Crippen MR) is 78.8 cm³/mol. The summed E-state index contributed by atoms with van der Waals surface area (Å²) in [6.45, 7) is 7.07. The van der Waals surface area contributed by atoms with Crippen LogP contribution in [0.4, 0.5) is 4.79 Å². The largest absolute Gasteiger partial charge is 0.459 e. The van der Waals surface area contributed by atoms with Crippen molar-refractivity contribution in [3.63, 3.8) is 0 Å². The van der Waals surface area contributed by atoms with Crippen LogP contribution in [0.5, 0.6) is 0 Å². The molecule has 1 aliphatic carbocycles. The Labute approximate surface area is 126 Å². The van der Waals surface area contributed by atoms with E-state index in [1.165, 1.54) is 0 Å². The highest BCUT2D eigenvalue weighted by molar-refractivity contribution is 5.83. The number of aldehydes is 1. The highest BCUT2D eigenvalue weighted by Crippen LogP contribution is 2.39. The lowest BCUT2D eigenvalue weighted by Gasteiger charge is -2.30. The quantitative estimate of drug-likeness (QED) is 0.598. The topological polar surface area (TPSA) is 84.5 Å². The number of carbonyl (C=O) groups is 3. The number of hydrogen-bond acceptors (Lipinski definition) is 4. The molecule has 1 aliphatic rings. The van der Waals surface area contributed by atoms with Gasteiger partial charge in [-0.05, 0) is 39.0 Å². The fourth-order valence-electron chi connectivity index (χ4n) is 2.59. The van der Waals surface area contributed by atoms with Crippen LogP contribution in [0.1, 0.15) is 53.4 Å². The zero-order valence-corrected chi connectivity index (χ0v) is 13.3. The van der Waals surface area contributed by atoms with Gasteiger partial charge in [-0.2, -0.15) is 0 Å². The number of hydrogen-bond donors (Lipinski definition) is 2. The van der Waals surface area contributed by atoms with Gasteiger partial charge in [0.25, 0.3) is 0 Å². The molecule has 6 nitrogen and oxygen atoms in total. The summed E-state index contributed by atoms with van der Waals surface area (Å²) in [6, 6.07) is -1.05. The molecule has 1 saturated carbocycles. The molecule has 0 saturated heterocycles. The third kappa shape index (κ3) is 5.73. The standard InChI is InChI=1S/C15H26N2O4/c1-14(2,3)21-12(19)9-16-13(20)17-11(10-18)15(4)7-5-6-8-15/h10-11H,5-9H2,1-4H3,(H2,16,17,20). The van der Waals surface area contributed by atoms with Crippen LogP contribution in [-0.2, 0) is 14.3 Å². The Kier molecular flexibility index (Phi) is 5.75. The lowest BCUT2D eigenvalue weighted by molar-refractivity contribution is -0.153. The fraction of sp³-hybridized carbons (Fsp3) is 0.800.